The van der Waals surface area contributed by atoms with E-state index in [1.165, 1.54) is 0 Å². The highest BCUT2D eigenvalue weighted by atomic mass is 16.4. The van der Waals surface area contributed by atoms with Crippen LogP contribution >= 0.6 is 0 Å². The van der Waals surface area contributed by atoms with E-state index in [1.807, 2.05) is 13.8 Å². The molecule has 156 valence electrons. The Hall–Kier alpha value is -3.23. The number of hydrogen-bond acceptors (Lipinski definition) is 6. The molecule has 0 saturated heterocycles. The van der Waals surface area contributed by atoms with E-state index in [2.05, 4.69) is 20.7 Å². The lowest BCUT2D eigenvalue weighted by Gasteiger charge is -2.15. The van der Waals surface area contributed by atoms with Crippen LogP contribution in [0.1, 0.15) is 46.0 Å². The number of benzene rings is 1. The zero-order chi connectivity index (χ0) is 21.4. The molecule has 1 unspecified atom stereocenters. The van der Waals surface area contributed by atoms with E-state index in [9.17, 15) is 14.4 Å². The first-order valence-electron chi connectivity index (χ1n) is 9.63. The third kappa shape index (κ3) is 7.02. The highest BCUT2D eigenvalue weighted by Crippen LogP contribution is 2.21. The van der Waals surface area contributed by atoms with Crippen LogP contribution in [0.3, 0.4) is 0 Å². The predicted octanol–water partition coefficient (Wildman–Crippen LogP) is 2.20. The number of carboxylic acid groups (broad SMARTS) is 1. The van der Waals surface area contributed by atoms with Crippen molar-refractivity contribution in [1.29, 1.82) is 0 Å². The number of nitrogens with zero attached hydrogens (tertiary/aromatic N) is 2. The van der Waals surface area contributed by atoms with Crippen LogP contribution in [0.4, 0.5) is 11.4 Å². The first-order chi connectivity index (χ1) is 13.8. The molecule has 1 aromatic carbocycles. The number of carboxylic acids is 1. The maximum Gasteiger partial charge on any atom is 0.303 e. The van der Waals surface area contributed by atoms with Crippen LogP contribution in [0.15, 0.2) is 34.4 Å². The molecule has 5 N–H and O–H groups in total. The van der Waals surface area contributed by atoms with Crippen LogP contribution in [-0.2, 0) is 14.4 Å². The first-order valence-corrected chi connectivity index (χ1v) is 9.63. The molecule has 0 spiro atoms. The molecule has 0 heterocycles. The van der Waals surface area contributed by atoms with Gasteiger partial charge in [-0.05, 0) is 43.5 Å². The lowest BCUT2D eigenvalue weighted by atomic mass is 9.97. The summed E-state index contributed by atoms with van der Waals surface area (Å²) in [6.07, 6.45) is 2.35. The molecule has 1 saturated carbocycles. The van der Waals surface area contributed by atoms with Gasteiger partial charge in [0.25, 0.3) is 5.91 Å². The van der Waals surface area contributed by atoms with Gasteiger partial charge in [0.15, 0.2) is 5.71 Å². The van der Waals surface area contributed by atoms with Crippen LogP contribution in [-0.4, -0.2) is 40.4 Å². The number of aliphatic carboxylic acids is 1. The molecule has 0 aliphatic heterocycles. The van der Waals surface area contributed by atoms with Crippen LogP contribution in [0.25, 0.3) is 0 Å². The zero-order valence-corrected chi connectivity index (χ0v) is 16.6. The maximum atomic E-state index is 12.5. The molecule has 0 bridgehead atoms. The van der Waals surface area contributed by atoms with Crippen LogP contribution in [0, 0.1) is 5.92 Å². The number of hydrazone groups is 1. The lowest BCUT2D eigenvalue weighted by molar-refractivity contribution is -0.138. The van der Waals surface area contributed by atoms with Crippen molar-refractivity contribution in [3.63, 3.8) is 0 Å². The number of nitrogens with one attached hydrogen (secondary N) is 2. The van der Waals surface area contributed by atoms with Gasteiger partial charge in [-0.2, -0.15) is 5.10 Å². The topological polar surface area (TPSA) is 146 Å². The zero-order valence-electron chi connectivity index (χ0n) is 16.6. The van der Waals surface area contributed by atoms with Crippen molar-refractivity contribution in [2.24, 2.45) is 21.9 Å². The van der Waals surface area contributed by atoms with Gasteiger partial charge >= 0.3 is 5.97 Å². The second-order valence-electron chi connectivity index (χ2n) is 7.02. The Morgan fingerprint density at radius 3 is 2.38 bits per heavy atom. The Balaban J connectivity index is 2.14. The molecule has 0 radical (unpaired) electrons. The number of rotatable bonds is 10. The monoisotopic (exact) mass is 401 g/mol. The number of aliphatic imine (C=N–C) groups is 1. The molecule has 29 heavy (non-hydrogen) atoms. The fraction of sp³-hybridized carbons (Fsp3) is 0.450. The number of carbonyl (C=O) groups is 3. The summed E-state index contributed by atoms with van der Waals surface area (Å²) in [6.45, 7) is 3.94. The number of hydrogen-bond donors (Lipinski definition) is 4. The fourth-order valence-electron chi connectivity index (χ4n) is 2.51. The molecule has 1 aromatic rings. The Kier molecular flexibility index (Phi) is 7.88. The van der Waals surface area contributed by atoms with Crippen LogP contribution in [0.5, 0.6) is 0 Å². The number of nitrogens with two attached hydrogens (primary N) is 1. The second kappa shape index (κ2) is 10.4. The lowest BCUT2D eigenvalue weighted by Crippen LogP contribution is -2.40. The number of amides is 2. The third-order valence-electron chi connectivity index (χ3n) is 4.55. The van der Waals surface area contributed by atoms with E-state index in [4.69, 9.17) is 10.9 Å². The van der Waals surface area contributed by atoms with Gasteiger partial charge in [0.1, 0.15) is 0 Å². The van der Waals surface area contributed by atoms with Gasteiger partial charge in [0, 0.05) is 24.1 Å². The summed E-state index contributed by atoms with van der Waals surface area (Å²) >= 11 is 0. The molecular formula is C20H27N5O4. The molecular weight excluding hydrogens is 374 g/mol. The smallest absolute Gasteiger partial charge is 0.303 e. The third-order valence-corrected chi connectivity index (χ3v) is 4.55. The average molecular weight is 401 g/mol. The predicted molar refractivity (Wildman–Crippen MR) is 111 cm³/mol. The Labute approximate surface area is 169 Å². The quantitative estimate of drug-likeness (QED) is 0.270. The number of anilines is 1. The summed E-state index contributed by atoms with van der Waals surface area (Å²) in [5.74, 6) is 3.75. The van der Waals surface area contributed by atoms with E-state index in [-0.39, 0.29) is 42.3 Å². The van der Waals surface area contributed by atoms with Crippen molar-refractivity contribution in [3.05, 3.63) is 24.3 Å². The highest BCUT2D eigenvalue weighted by molar-refractivity contribution is 6.67. The van der Waals surface area contributed by atoms with Crippen molar-refractivity contribution in [1.82, 2.24) is 5.32 Å². The van der Waals surface area contributed by atoms with Crippen molar-refractivity contribution in [2.45, 2.75) is 52.0 Å². The molecule has 1 aliphatic rings. The van der Waals surface area contributed by atoms with E-state index in [0.717, 1.165) is 19.3 Å². The molecule has 0 aromatic heterocycles. The summed E-state index contributed by atoms with van der Waals surface area (Å²) in [5, 5.41) is 17.8. The summed E-state index contributed by atoms with van der Waals surface area (Å²) < 4.78 is 0. The summed E-state index contributed by atoms with van der Waals surface area (Å²) in [6, 6.07) is 6.90. The van der Waals surface area contributed by atoms with Crippen molar-refractivity contribution >= 4 is 40.6 Å². The SMILES string of the molecule is CCC(C)C(=Nc1ccc(NC(=O)CCC(=O)O)cc1)C(=NN)C(=O)NC1CC1. The van der Waals surface area contributed by atoms with E-state index in [0.29, 0.717) is 17.1 Å². The Bertz CT molecular complexity index is 813. The second-order valence-corrected chi connectivity index (χ2v) is 7.02. The Morgan fingerprint density at radius 2 is 1.86 bits per heavy atom. The van der Waals surface area contributed by atoms with Crippen molar-refractivity contribution in [2.75, 3.05) is 5.32 Å². The molecule has 9 nitrogen and oxygen atoms in total. The van der Waals surface area contributed by atoms with E-state index in [1.54, 1.807) is 24.3 Å². The van der Waals surface area contributed by atoms with Gasteiger partial charge in [0.2, 0.25) is 5.91 Å². The van der Waals surface area contributed by atoms with Crippen molar-refractivity contribution < 1.29 is 19.5 Å². The minimum atomic E-state index is -1.02. The van der Waals surface area contributed by atoms with Gasteiger partial charge in [-0.3, -0.25) is 19.4 Å². The normalized spacial score (nSPS) is 15.5. The summed E-state index contributed by atoms with van der Waals surface area (Å²) in [4.78, 5) is 39.3. The number of carbonyl (C=O) groups excluding carboxylic acids is 2. The Morgan fingerprint density at radius 1 is 1.21 bits per heavy atom. The standard InChI is InChI=1S/C20H27N5O4/c1-3-12(2)18(19(25-21)20(29)24-15-8-9-15)23-14-6-4-13(5-7-14)22-16(26)10-11-17(27)28/h4-7,12,15H,3,8-11,21H2,1-2H3,(H,22,26)(H,24,29)(H,27,28). The fourth-order valence-corrected chi connectivity index (χ4v) is 2.51. The molecule has 1 aliphatic carbocycles. The molecule has 2 rings (SSSR count). The molecule has 1 fully saturated rings. The summed E-state index contributed by atoms with van der Waals surface area (Å²) in [5.41, 5.74) is 1.75. The first kappa shape index (κ1) is 22.1. The highest BCUT2D eigenvalue weighted by Gasteiger charge is 2.29. The van der Waals surface area contributed by atoms with Crippen LogP contribution < -0.4 is 16.5 Å². The summed E-state index contributed by atoms with van der Waals surface area (Å²) in [7, 11) is 0. The van der Waals surface area contributed by atoms with Gasteiger partial charge in [-0.15, -0.1) is 0 Å². The largest absolute Gasteiger partial charge is 0.481 e. The van der Waals surface area contributed by atoms with Gasteiger partial charge in [-0.25, -0.2) is 0 Å². The molecule has 9 heteroatoms. The minimum Gasteiger partial charge on any atom is -0.481 e. The van der Waals surface area contributed by atoms with Gasteiger partial charge in [-0.1, -0.05) is 13.8 Å². The van der Waals surface area contributed by atoms with Gasteiger partial charge < -0.3 is 21.6 Å². The maximum absolute atomic E-state index is 12.5. The molecule has 2 amide bonds. The average Bonchev–Trinajstić information content (AvgIpc) is 3.50. The minimum absolute atomic E-state index is 0.0300. The van der Waals surface area contributed by atoms with Crippen molar-refractivity contribution in [3.8, 4) is 0 Å². The van der Waals surface area contributed by atoms with E-state index < -0.39 is 5.97 Å². The van der Waals surface area contributed by atoms with Crippen LogP contribution in [0.2, 0.25) is 0 Å². The van der Waals surface area contributed by atoms with Gasteiger partial charge in [0.05, 0.1) is 17.8 Å². The van der Waals surface area contributed by atoms with E-state index >= 15 is 0 Å². The molecule has 1 atom stereocenters.